The van der Waals surface area contributed by atoms with Crippen LogP contribution in [0.25, 0.3) is 0 Å². The Morgan fingerprint density at radius 3 is 2.48 bits per heavy atom. The van der Waals surface area contributed by atoms with Gasteiger partial charge in [-0.3, -0.25) is 4.79 Å². The molecule has 1 amide bonds. The second kappa shape index (κ2) is 9.30. The Hall–Kier alpha value is -2.55. The summed E-state index contributed by atoms with van der Waals surface area (Å²) < 4.78 is 41.0. The van der Waals surface area contributed by atoms with E-state index in [-0.39, 0.29) is 23.2 Å². The van der Waals surface area contributed by atoms with Gasteiger partial charge in [0, 0.05) is 23.7 Å². The van der Waals surface area contributed by atoms with Crippen LogP contribution in [0.1, 0.15) is 17.7 Å². The number of sulfonamides is 1. The zero-order valence-corrected chi connectivity index (χ0v) is 18.5. The molecule has 3 aromatic rings. The summed E-state index contributed by atoms with van der Waals surface area (Å²) in [5.41, 5.74) is 0.600. The molecule has 0 aliphatic carbocycles. The summed E-state index contributed by atoms with van der Waals surface area (Å²) in [6.07, 6.45) is 1.22. The van der Waals surface area contributed by atoms with Crippen molar-refractivity contribution >= 4 is 33.0 Å². The van der Waals surface area contributed by atoms with Crippen LogP contribution in [0.4, 0.5) is 10.1 Å². The van der Waals surface area contributed by atoms with Crippen molar-refractivity contribution in [3.8, 4) is 0 Å². The van der Waals surface area contributed by atoms with Crippen LogP contribution in [-0.2, 0) is 21.4 Å². The van der Waals surface area contributed by atoms with E-state index in [1.807, 2.05) is 17.5 Å². The van der Waals surface area contributed by atoms with Gasteiger partial charge in [-0.05, 0) is 60.7 Å². The first-order chi connectivity index (χ1) is 14.9. The Morgan fingerprint density at radius 2 is 1.81 bits per heavy atom. The summed E-state index contributed by atoms with van der Waals surface area (Å²) in [5.74, 6) is -0.977. The van der Waals surface area contributed by atoms with Crippen LogP contribution < -0.4 is 4.90 Å². The Labute approximate surface area is 185 Å². The molecule has 1 aromatic heterocycles. The van der Waals surface area contributed by atoms with E-state index in [0.717, 1.165) is 4.88 Å². The van der Waals surface area contributed by atoms with Crippen molar-refractivity contribution in [3.63, 3.8) is 0 Å². The van der Waals surface area contributed by atoms with Crippen molar-refractivity contribution in [3.05, 3.63) is 82.8 Å². The Bertz CT molecular complexity index is 1120. The lowest BCUT2D eigenvalue weighted by molar-refractivity contribution is -0.123. The molecule has 0 saturated carbocycles. The highest BCUT2D eigenvalue weighted by molar-refractivity contribution is 7.89. The molecular weight excluding hydrogens is 435 g/mol. The van der Waals surface area contributed by atoms with Gasteiger partial charge in [0.25, 0.3) is 0 Å². The summed E-state index contributed by atoms with van der Waals surface area (Å²) >= 11 is 1.54. The summed E-state index contributed by atoms with van der Waals surface area (Å²) in [6.45, 7) is 0.894. The number of nitrogens with zero attached hydrogens (tertiary/aromatic N) is 2. The smallest absolute Gasteiger partial charge is 0.243 e. The number of amides is 1. The summed E-state index contributed by atoms with van der Waals surface area (Å²) in [5, 5.41) is 1.94. The molecule has 5 nitrogen and oxygen atoms in total. The maximum absolute atomic E-state index is 13.5. The standard InChI is InChI=1S/C23H23FN2O3S2/c24-19-10-12-20(13-11-19)26(17-21-7-5-15-30-21)23(27)18-6-4-14-25(16-18)31(28,29)22-8-2-1-3-9-22/h1-3,5,7-13,15,18H,4,6,14,16-17H2. The first-order valence-electron chi connectivity index (χ1n) is 10.1. The highest BCUT2D eigenvalue weighted by Crippen LogP contribution is 2.28. The molecule has 0 spiro atoms. The molecule has 31 heavy (non-hydrogen) atoms. The average molecular weight is 459 g/mol. The monoisotopic (exact) mass is 458 g/mol. The van der Waals surface area contributed by atoms with Gasteiger partial charge in [-0.2, -0.15) is 4.31 Å². The van der Waals surface area contributed by atoms with E-state index in [0.29, 0.717) is 31.6 Å². The van der Waals surface area contributed by atoms with Crippen molar-refractivity contribution in [1.29, 1.82) is 0 Å². The number of carbonyl (C=O) groups is 1. The molecule has 1 fully saturated rings. The quantitative estimate of drug-likeness (QED) is 0.546. The second-order valence-electron chi connectivity index (χ2n) is 7.50. The molecule has 1 atom stereocenters. The minimum absolute atomic E-state index is 0.137. The van der Waals surface area contributed by atoms with Crippen LogP contribution in [0.3, 0.4) is 0 Å². The van der Waals surface area contributed by atoms with Crippen LogP contribution in [0, 0.1) is 11.7 Å². The zero-order valence-electron chi connectivity index (χ0n) is 16.9. The average Bonchev–Trinajstić information content (AvgIpc) is 3.32. The molecule has 162 valence electrons. The number of carbonyl (C=O) groups excluding carboxylic acids is 1. The number of rotatable bonds is 6. The van der Waals surface area contributed by atoms with Crippen molar-refractivity contribution in [2.45, 2.75) is 24.3 Å². The predicted molar refractivity (Wildman–Crippen MR) is 120 cm³/mol. The molecular formula is C23H23FN2O3S2. The summed E-state index contributed by atoms with van der Waals surface area (Å²) in [7, 11) is -3.66. The molecule has 4 rings (SSSR count). The minimum atomic E-state index is -3.66. The lowest BCUT2D eigenvalue weighted by Gasteiger charge is -2.34. The maximum atomic E-state index is 13.5. The molecule has 2 aromatic carbocycles. The van der Waals surface area contributed by atoms with Crippen molar-refractivity contribution in [2.75, 3.05) is 18.0 Å². The topological polar surface area (TPSA) is 57.7 Å². The van der Waals surface area contributed by atoms with Gasteiger partial charge in [-0.25, -0.2) is 12.8 Å². The Balaban J connectivity index is 1.58. The van der Waals surface area contributed by atoms with Gasteiger partial charge < -0.3 is 4.90 Å². The van der Waals surface area contributed by atoms with E-state index in [1.54, 1.807) is 58.7 Å². The van der Waals surface area contributed by atoms with E-state index in [9.17, 15) is 17.6 Å². The van der Waals surface area contributed by atoms with Crippen LogP contribution in [0.2, 0.25) is 0 Å². The van der Waals surface area contributed by atoms with E-state index >= 15 is 0 Å². The molecule has 1 unspecified atom stereocenters. The van der Waals surface area contributed by atoms with Gasteiger partial charge in [0.2, 0.25) is 15.9 Å². The third kappa shape index (κ3) is 4.87. The van der Waals surface area contributed by atoms with Crippen molar-refractivity contribution in [1.82, 2.24) is 4.31 Å². The van der Waals surface area contributed by atoms with Gasteiger partial charge >= 0.3 is 0 Å². The van der Waals surface area contributed by atoms with E-state index in [2.05, 4.69) is 0 Å². The van der Waals surface area contributed by atoms with Crippen molar-refractivity contribution < 1.29 is 17.6 Å². The molecule has 1 aliphatic heterocycles. The molecule has 0 radical (unpaired) electrons. The number of hydrogen-bond donors (Lipinski definition) is 0. The normalized spacial score (nSPS) is 17.4. The van der Waals surface area contributed by atoms with E-state index in [1.165, 1.54) is 16.4 Å². The van der Waals surface area contributed by atoms with Crippen LogP contribution in [-0.4, -0.2) is 31.7 Å². The molecule has 2 heterocycles. The molecule has 0 N–H and O–H groups in total. The fourth-order valence-electron chi connectivity index (χ4n) is 3.80. The van der Waals surface area contributed by atoms with Gasteiger partial charge in [0.05, 0.1) is 17.4 Å². The summed E-state index contributed by atoms with van der Waals surface area (Å²) in [6, 6.07) is 18.0. The molecule has 0 bridgehead atoms. The highest BCUT2D eigenvalue weighted by Gasteiger charge is 2.35. The number of anilines is 1. The largest absolute Gasteiger partial charge is 0.307 e. The third-order valence-electron chi connectivity index (χ3n) is 5.41. The fourth-order valence-corrected chi connectivity index (χ4v) is 6.04. The van der Waals surface area contributed by atoms with Crippen LogP contribution in [0.15, 0.2) is 77.0 Å². The first-order valence-corrected chi connectivity index (χ1v) is 12.4. The van der Waals surface area contributed by atoms with Crippen LogP contribution in [0.5, 0.6) is 0 Å². The molecule has 1 aliphatic rings. The third-order valence-corrected chi connectivity index (χ3v) is 8.15. The van der Waals surface area contributed by atoms with Crippen molar-refractivity contribution in [2.24, 2.45) is 5.92 Å². The number of hydrogen-bond acceptors (Lipinski definition) is 4. The van der Waals surface area contributed by atoms with Crippen LogP contribution >= 0.6 is 11.3 Å². The lowest BCUT2D eigenvalue weighted by atomic mass is 9.97. The SMILES string of the molecule is O=C(C1CCCN(S(=O)(=O)c2ccccc2)C1)N(Cc1cccs1)c1ccc(F)cc1. The van der Waals surface area contributed by atoms with Gasteiger partial charge in [0.15, 0.2) is 0 Å². The van der Waals surface area contributed by atoms with Gasteiger partial charge in [-0.1, -0.05) is 24.3 Å². The second-order valence-corrected chi connectivity index (χ2v) is 10.5. The Morgan fingerprint density at radius 1 is 1.06 bits per heavy atom. The molecule has 1 saturated heterocycles. The van der Waals surface area contributed by atoms with Gasteiger partial charge in [-0.15, -0.1) is 11.3 Å². The number of piperidine rings is 1. The minimum Gasteiger partial charge on any atom is -0.307 e. The highest BCUT2D eigenvalue weighted by atomic mass is 32.2. The van der Waals surface area contributed by atoms with Gasteiger partial charge in [0.1, 0.15) is 5.82 Å². The lowest BCUT2D eigenvalue weighted by Crippen LogP contribution is -2.46. The summed E-state index contributed by atoms with van der Waals surface area (Å²) in [4.78, 5) is 16.4. The Kier molecular flexibility index (Phi) is 6.50. The number of halogens is 1. The fraction of sp³-hybridized carbons (Fsp3) is 0.261. The zero-order chi connectivity index (χ0) is 21.8. The first kappa shape index (κ1) is 21.7. The maximum Gasteiger partial charge on any atom is 0.243 e. The number of benzene rings is 2. The number of thiophene rings is 1. The molecule has 8 heteroatoms. The van der Waals surface area contributed by atoms with E-state index in [4.69, 9.17) is 0 Å². The predicted octanol–water partition coefficient (Wildman–Crippen LogP) is 4.52. The van der Waals surface area contributed by atoms with E-state index < -0.39 is 15.9 Å².